The van der Waals surface area contributed by atoms with E-state index >= 15 is 0 Å². The summed E-state index contributed by atoms with van der Waals surface area (Å²) < 4.78 is 200. The van der Waals surface area contributed by atoms with Crippen LogP contribution in [0.2, 0.25) is 0 Å². The third-order valence-electron chi connectivity index (χ3n) is 2.20. The van der Waals surface area contributed by atoms with Gasteiger partial charge >= 0.3 is 48.5 Å². The maximum absolute atomic E-state index is 12.7. The fraction of sp³-hybridized carbons (Fsp3) is 0.875. The van der Waals surface area contributed by atoms with Crippen LogP contribution >= 0.6 is 0 Å². The van der Waals surface area contributed by atoms with E-state index < -0.39 is 48.5 Å². The lowest BCUT2D eigenvalue weighted by molar-refractivity contribution is -0.538. The van der Waals surface area contributed by atoms with Crippen LogP contribution in [0.5, 0.6) is 0 Å². The molecule has 0 heterocycles. The smallest absolute Gasteiger partial charge is 0.251 e. The molecule has 0 radical (unpaired) electrons. The number of halogens is 16. The van der Waals surface area contributed by atoms with Crippen molar-refractivity contribution in [2.24, 2.45) is 0 Å². The molecular weight excluding hydrogens is 448 g/mol. The molecule has 162 valence electrons. The van der Waals surface area contributed by atoms with Crippen molar-refractivity contribution in [3.63, 3.8) is 0 Å². The minimum atomic E-state index is -7.99. The number of rotatable bonds is 8. The van der Waals surface area contributed by atoms with Crippen molar-refractivity contribution in [1.82, 2.24) is 0 Å². The first-order valence-corrected chi connectivity index (χ1v) is 5.29. The molecule has 19 heteroatoms. The zero-order valence-electron chi connectivity index (χ0n) is 11.3. The van der Waals surface area contributed by atoms with Gasteiger partial charge in [0, 0.05) is 0 Å². The van der Waals surface area contributed by atoms with E-state index in [2.05, 4.69) is 0 Å². The Labute approximate surface area is 134 Å². The van der Waals surface area contributed by atoms with Crippen LogP contribution in [0.4, 0.5) is 70.2 Å². The Bertz CT molecular complexity index is 563. The summed E-state index contributed by atoms with van der Waals surface area (Å²) in [5.41, 5.74) is 0. The van der Waals surface area contributed by atoms with Gasteiger partial charge in [-0.25, -0.2) is 9.47 Å². The van der Waals surface area contributed by atoms with Crippen LogP contribution in [0.25, 0.3) is 0 Å². The summed E-state index contributed by atoms with van der Waals surface area (Å²) in [6.07, 6.45) is -36.7. The van der Waals surface area contributed by atoms with Gasteiger partial charge in [-0.3, -0.25) is 4.79 Å². The summed E-state index contributed by atoms with van der Waals surface area (Å²) in [5, 5.41) is 0. The van der Waals surface area contributed by atoms with Gasteiger partial charge in [0.2, 0.25) is 0 Å². The fourth-order valence-corrected chi connectivity index (χ4v) is 0.906. The molecule has 3 nitrogen and oxygen atoms in total. The first-order chi connectivity index (χ1) is 11.4. The summed E-state index contributed by atoms with van der Waals surface area (Å²) >= 11 is 0. The minimum Gasteiger partial charge on any atom is -0.251 e. The van der Waals surface area contributed by atoms with Gasteiger partial charge in [0.15, 0.2) is 0 Å². The van der Waals surface area contributed by atoms with Crippen molar-refractivity contribution >= 4 is 6.04 Å². The lowest BCUT2D eigenvalue weighted by Gasteiger charge is -2.36. The van der Waals surface area contributed by atoms with Crippen LogP contribution in [0.3, 0.4) is 0 Å². The molecule has 27 heavy (non-hydrogen) atoms. The molecule has 0 aromatic carbocycles. The second-order valence-electron chi connectivity index (χ2n) is 4.19. The summed E-state index contributed by atoms with van der Waals surface area (Å²) in [6.45, 7) is 0. The lowest BCUT2D eigenvalue weighted by atomic mass is 10.1. The number of ether oxygens (including phenoxy) is 2. The third-order valence-corrected chi connectivity index (χ3v) is 2.20. The standard InChI is InChI=1S/C8F16O3/c9-1(25)2(10,11)26-7(21,22)8(23,24)27-6(19,20)4(14,15)3(12,13)5(16,17)18. The van der Waals surface area contributed by atoms with Crippen LogP contribution in [-0.4, -0.2) is 48.5 Å². The van der Waals surface area contributed by atoms with Gasteiger partial charge < -0.3 is 0 Å². The molecule has 0 N–H and O–H groups in total. The van der Waals surface area contributed by atoms with Crippen molar-refractivity contribution in [3.8, 4) is 0 Å². The predicted octanol–water partition coefficient (Wildman–Crippen LogP) is 4.72. The molecule has 0 aromatic rings. The van der Waals surface area contributed by atoms with E-state index in [1.165, 1.54) is 9.47 Å². The number of hydrogen-bond acceptors (Lipinski definition) is 3. The van der Waals surface area contributed by atoms with Gasteiger partial charge in [0.25, 0.3) is 0 Å². The van der Waals surface area contributed by atoms with E-state index in [0.717, 1.165) is 0 Å². The maximum atomic E-state index is 12.7. The van der Waals surface area contributed by atoms with E-state index in [1.54, 1.807) is 0 Å². The third kappa shape index (κ3) is 4.49. The Morgan fingerprint density at radius 1 is 0.519 bits per heavy atom. The van der Waals surface area contributed by atoms with Crippen molar-refractivity contribution in [2.75, 3.05) is 0 Å². The zero-order valence-corrected chi connectivity index (χ0v) is 11.3. The van der Waals surface area contributed by atoms with Crippen LogP contribution in [0, 0.1) is 0 Å². The highest BCUT2D eigenvalue weighted by atomic mass is 19.4. The van der Waals surface area contributed by atoms with Crippen LogP contribution in [0.1, 0.15) is 0 Å². The molecule has 0 atom stereocenters. The molecule has 0 aromatic heterocycles. The molecule has 0 aliphatic rings. The van der Waals surface area contributed by atoms with Gasteiger partial charge in [-0.1, -0.05) is 0 Å². The summed E-state index contributed by atoms with van der Waals surface area (Å²) in [4.78, 5) is 9.50. The number of hydrogen-bond donors (Lipinski definition) is 0. The Hall–Kier alpha value is -1.53. The largest absolute Gasteiger partial charge is 0.460 e. The first kappa shape index (κ1) is 25.5. The van der Waals surface area contributed by atoms with Crippen molar-refractivity contribution in [1.29, 1.82) is 0 Å². The summed E-state index contributed by atoms with van der Waals surface area (Å²) in [6, 6.07) is -4.24. The van der Waals surface area contributed by atoms with E-state index in [4.69, 9.17) is 0 Å². The molecule has 0 unspecified atom stereocenters. The number of alkyl halides is 15. The topological polar surface area (TPSA) is 35.5 Å². The van der Waals surface area contributed by atoms with Crippen LogP contribution in [0.15, 0.2) is 0 Å². The number of carbonyl (C=O) groups excluding carboxylic acids is 1. The molecular formula is C8F16O3. The highest BCUT2D eigenvalue weighted by Crippen LogP contribution is 2.55. The molecule has 0 fully saturated rings. The second-order valence-corrected chi connectivity index (χ2v) is 4.19. The molecule has 0 rings (SSSR count). The highest BCUT2D eigenvalue weighted by Gasteiger charge is 2.85. The minimum absolute atomic E-state index is 1.22. The van der Waals surface area contributed by atoms with Crippen LogP contribution in [-0.2, 0) is 14.3 Å². The molecule has 0 bridgehead atoms. The van der Waals surface area contributed by atoms with E-state index in [-0.39, 0.29) is 0 Å². The Balaban J connectivity index is 5.92. The molecule has 0 saturated carbocycles. The van der Waals surface area contributed by atoms with Gasteiger partial charge in [-0.05, 0) is 0 Å². The quantitative estimate of drug-likeness (QED) is 0.399. The molecule has 0 saturated heterocycles. The Morgan fingerprint density at radius 3 is 1.15 bits per heavy atom. The average molecular weight is 448 g/mol. The SMILES string of the molecule is O=C(F)C(F)(F)OC(F)(F)C(F)(F)OC(F)(F)C(F)(F)C(F)(F)C(F)(F)F. The second kappa shape index (κ2) is 6.52. The monoisotopic (exact) mass is 448 g/mol. The van der Waals surface area contributed by atoms with E-state index in [1.807, 2.05) is 0 Å². The Kier molecular flexibility index (Phi) is 6.15. The first-order valence-electron chi connectivity index (χ1n) is 5.29. The van der Waals surface area contributed by atoms with E-state index in [9.17, 15) is 75.0 Å². The van der Waals surface area contributed by atoms with Gasteiger partial charge in [-0.2, -0.15) is 70.2 Å². The van der Waals surface area contributed by atoms with E-state index in [0.29, 0.717) is 0 Å². The van der Waals surface area contributed by atoms with Crippen molar-refractivity contribution in [3.05, 3.63) is 0 Å². The Morgan fingerprint density at radius 2 is 0.852 bits per heavy atom. The summed E-state index contributed by atoms with van der Waals surface area (Å²) in [5.74, 6) is -15.8. The molecule has 0 aliphatic carbocycles. The maximum Gasteiger partial charge on any atom is 0.460 e. The van der Waals surface area contributed by atoms with Gasteiger partial charge in [0.05, 0.1) is 0 Å². The lowest BCUT2D eigenvalue weighted by Crippen LogP contribution is -2.64. The fourth-order valence-electron chi connectivity index (χ4n) is 0.906. The van der Waals surface area contributed by atoms with Gasteiger partial charge in [-0.15, -0.1) is 0 Å². The molecule has 0 spiro atoms. The summed E-state index contributed by atoms with van der Waals surface area (Å²) in [7, 11) is 0. The average Bonchev–Trinajstić information content (AvgIpc) is 2.33. The normalized spacial score (nSPS) is 15.9. The van der Waals surface area contributed by atoms with Crippen molar-refractivity contribution < 1.29 is 84.5 Å². The zero-order chi connectivity index (χ0) is 22.5. The van der Waals surface area contributed by atoms with Gasteiger partial charge in [0.1, 0.15) is 0 Å². The highest BCUT2D eigenvalue weighted by molar-refractivity contribution is 5.74. The predicted molar refractivity (Wildman–Crippen MR) is 44.0 cm³/mol. The molecule has 0 amide bonds. The van der Waals surface area contributed by atoms with Crippen LogP contribution < -0.4 is 0 Å². The molecule has 0 aliphatic heterocycles. The number of carbonyl (C=O) groups is 1. The van der Waals surface area contributed by atoms with Crippen molar-refractivity contribution in [2.45, 2.75) is 42.5 Å².